The summed E-state index contributed by atoms with van der Waals surface area (Å²) in [5, 5.41) is 60.6. The highest BCUT2D eigenvalue weighted by molar-refractivity contribution is 5.91. The van der Waals surface area contributed by atoms with Gasteiger partial charge in [0.05, 0.1) is 27.9 Å². The Labute approximate surface area is 214 Å². The minimum Gasteiger partial charge on any atom is -0.504 e. The summed E-state index contributed by atoms with van der Waals surface area (Å²) in [5.74, 6) is -1.64. The van der Waals surface area contributed by atoms with E-state index < -0.39 is 48.5 Å². The number of aliphatic hydroxyl groups is 4. The second-order valence-corrected chi connectivity index (χ2v) is 8.13. The van der Waals surface area contributed by atoms with Gasteiger partial charge in [0.15, 0.2) is 28.8 Å². The van der Waals surface area contributed by atoms with Crippen molar-refractivity contribution in [1.82, 2.24) is 0 Å². The van der Waals surface area contributed by atoms with E-state index in [2.05, 4.69) is 0 Å². The lowest BCUT2D eigenvalue weighted by atomic mass is 9.99. The first-order chi connectivity index (χ1) is 17.7. The number of ether oxygens (including phenoxy) is 5. The molecule has 2 aromatic carbocycles. The quantitative estimate of drug-likeness (QED) is 0.217. The highest BCUT2D eigenvalue weighted by Crippen LogP contribution is 2.45. The molecule has 14 nitrogen and oxygen atoms in total. The van der Waals surface area contributed by atoms with E-state index in [-0.39, 0.29) is 56.5 Å². The van der Waals surface area contributed by atoms with Crippen molar-refractivity contribution in [2.75, 3.05) is 27.9 Å². The van der Waals surface area contributed by atoms with Crippen molar-refractivity contribution in [3.8, 4) is 45.8 Å². The molecular weight excluding hydrogens is 512 g/mol. The number of aliphatic hydroxyl groups excluding tert-OH is 4. The zero-order chi connectivity index (χ0) is 27.0. The summed E-state index contributed by atoms with van der Waals surface area (Å²) in [6.07, 6.45) is -7.93. The molecule has 1 aromatic heterocycles. The van der Waals surface area contributed by atoms with Gasteiger partial charge in [-0.1, -0.05) is 0 Å². The van der Waals surface area contributed by atoms with Crippen LogP contribution in [0.5, 0.6) is 34.5 Å². The van der Waals surface area contributed by atoms with Gasteiger partial charge < -0.3 is 64.2 Å². The number of methoxy groups -OCH3 is 3. The van der Waals surface area contributed by atoms with E-state index >= 15 is 0 Å². The van der Waals surface area contributed by atoms with Gasteiger partial charge in [-0.15, -0.1) is 0 Å². The molecule has 0 unspecified atom stereocenters. The smallest absolute Gasteiger partial charge is 0.239 e. The molecule has 0 spiro atoms. The van der Waals surface area contributed by atoms with Crippen LogP contribution in [-0.2, 0) is 4.74 Å². The van der Waals surface area contributed by atoms with E-state index in [0.29, 0.717) is 0 Å². The largest absolute Gasteiger partial charge is 0.504 e. The molecule has 208 valence electrons. The standard InChI is InChI=1S/C24H26O13.H2O/c1-32-11-5-4-9(6-10(11)26)21-23(34-3)18(29)15-12(35-21)7-13(22(33-2)17(15)28)36-24-20(31)19(30)16(27)14(8-25)37-24;/h4-7,14,16,19-20,24-28,30-31H,8H2,1-3H3;1H2/t14-,16-,19+,20-,24-;/m1./s1. The molecule has 1 aliphatic rings. The first kappa shape index (κ1) is 28.8. The van der Waals surface area contributed by atoms with Crippen molar-refractivity contribution < 1.29 is 64.2 Å². The van der Waals surface area contributed by atoms with Crippen LogP contribution in [0.15, 0.2) is 33.5 Å². The van der Waals surface area contributed by atoms with Crippen molar-refractivity contribution in [2.24, 2.45) is 0 Å². The number of phenols is 2. The fourth-order valence-electron chi connectivity index (χ4n) is 4.06. The molecule has 1 aliphatic heterocycles. The Kier molecular flexibility index (Phi) is 8.56. The average Bonchev–Trinajstić information content (AvgIpc) is 2.88. The molecular formula is C24H28O14. The molecule has 1 saturated heterocycles. The lowest BCUT2D eigenvalue weighted by Crippen LogP contribution is -2.60. The molecule has 1 fully saturated rings. The fraction of sp³-hybridized carbons (Fsp3) is 0.375. The number of benzene rings is 2. The normalized spacial score (nSPS) is 23.0. The maximum Gasteiger partial charge on any atom is 0.239 e. The number of hydrogen-bond acceptors (Lipinski definition) is 13. The molecule has 0 saturated carbocycles. The summed E-state index contributed by atoms with van der Waals surface area (Å²) < 4.78 is 32.4. The summed E-state index contributed by atoms with van der Waals surface area (Å²) in [4.78, 5) is 13.3. The number of fused-ring (bicyclic) bond motifs is 1. The molecule has 8 N–H and O–H groups in total. The van der Waals surface area contributed by atoms with Gasteiger partial charge in [0.1, 0.15) is 35.4 Å². The van der Waals surface area contributed by atoms with Crippen LogP contribution in [0.1, 0.15) is 0 Å². The highest BCUT2D eigenvalue weighted by atomic mass is 16.7. The molecule has 5 atom stereocenters. The molecule has 4 rings (SSSR count). The van der Waals surface area contributed by atoms with Crippen LogP contribution in [0.4, 0.5) is 0 Å². The molecule has 0 amide bonds. The van der Waals surface area contributed by atoms with E-state index in [0.717, 1.165) is 0 Å². The van der Waals surface area contributed by atoms with Crippen LogP contribution in [0.3, 0.4) is 0 Å². The first-order valence-corrected chi connectivity index (χ1v) is 11.0. The summed E-state index contributed by atoms with van der Waals surface area (Å²) in [5.41, 5.74) is -0.695. The summed E-state index contributed by atoms with van der Waals surface area (Å²) in [6, 6.07) is 5.44. The Morgan fingerprint density at radius 1 is 0.895 bits per heavy atom. The minimum atomic E-state index is -1.75. The van der Waals surface area contributed by atoms with Crippen molar-refractivity contribution in [3.05, 3.63) is 34.5 Å². The van der Waals surface area contributed by atoms with Gasteiger partial charge >= 0.3 is 0 Å². The number of aromatic hydroxyl groups is 2. The van der Waals surface area contributed by atoms with Crippen molar-refractivity contribution in [3.63, 3.8) is 0 Å². The highest BCUT2D eigenvalue weighted by Gasteiger charge is 2.45. The molecule has 14 heteroatoms. The Hall–Kier alpha value is -3.79. The van der Waals surface area contributed by atoms with Crippen molar-refractivity contribution >= 4 is 11.0 Å². The third-order valence-corrected chi connectivity index (χ3v) is 5.98. The zero-order valence-corrected chi connectivity index (χ0v) is 20.4. The van der Waals surface area contributed by atoms with E-state index in [1.165, 1.54) is 45.6 Å². The van der Waals surface area contributed by atoms with Gasteiger partial charge in [0, 0.05) is 11.6 Å². The average molecular weight is 540 g/mol. The Morgan fingerprint density at radius 3 is 2.16 bits per heavy atom. The number of phenolic OH excluding ortho intramolecular Hbond substituents is 2. The van der Waals surface area contributed by atoms with Crippen molar-refractivity contribution in [2.45, 2.75) is 30.7 Å². The third-order valence-electron chi connectivity index (χ3n) is 5.98. The van der Waals surface area contributed by atoms with Gasteiger partial charge in [-0.2, -0.15) is 0 Å². The van der Waals surface area contributed by atoms with Gasteiger partial charge in [0.25, 0.3) is 0 Å². The van der Waals surface area contributed by atoms with Crippen LogP contribution in [-0.4, -0.2) is 94.8 Å². The summed E-state index contributed by atoms with van der Waals surface area (Å²) >= 11 is 0. The second kappa shape index (κ2) is 11.3. The monoisotopic (exact) mass is 540 g/mol. The molecule has 38 heavy (non-hydrogen) atoms. The van der Waals surface area contributed by atoms with Crippen LogP contribution in [0.2, 0.25) is 0 Å². The minimum absolute atomic E-state index is 0. The van der Waals surface area contributed by atoms with Crippen LogP contribution in [0, 0.1) is 0 Å². The van der Waals surface area contributed by atoms with E-state index in [1.54, 1.807) is 0 Å². The molecule has 0 aliphatic carbocycles. The molecule has 0 bridgehead atoms. The van der Waals surface area contributed by atoms with Crippen LogP contribution >= 0.6 is 0 Å². The molecule has 2 heterocycles. The topological polar surface area (TPSA) is 229 Å². The Morgan fingerprint density at radius 2 is 1.58 bits per heavy atom. The second-order valence-electron chi connectivity index (χ2n) is 8.13. The van der Waals surface area contributed by atoms with Crippen LogP contribution < -0.4 is 24.4 Å². The van der Waals surface area contributed by atoms with E-state index in [4.69, 9.17) is 28.1 Å². The fourth-order valence-corrected chi connectivity index (χ4v) is 4.06. The summed E-state index contributed by atoms with van der Waals surface area (Å²) in [6.45, 7) is -0.683. The predicted octanol–water partition coefficient (Wildman–Crippen LogP) is -0.749. The Balaban J connectivity index is 0.00000400. The number of rotatable bonds is 7. The van der Waals surface area contributed by atoms with Crippen molar-refractivity contribution in [1.29, 1.82) is 0 Å². The maximum atomic E-state index is 13.3. The van der Waals surface area contributed by atoms with Gasteiger partial charge in [-0.25, -0.2) is 0 Å². The van der Waals surface area contributed by atoms with Crippen LogP contribution in [0.25, 0.3) is 22.3 Å². The molecule has 0 radical (unpaired) electrons. The zero-order valence-electron chi connectivity index (χ0n) is 20.4. The van der Waals surface area contributed by atoms with Gasteiger partial charge in [-0.05, 0) is 18.2 Å². The lowest BCUT2D eigenvalue weighted by molar-refractivity contribution is -0.277. The SMILES string of the molecule is COc1ccc(-c2oc3cc(O[C@@H]4O[C@H](CO)[C@@H](O)[C@H](O)[C@H]4O)c(OC)c(O)c3c(=O)c2OC)cc1O.O. The van der Waals surface area contributed by atoms with E-state index in [9.17, 15) is 35.4 Å². The number of hydrogen-bond donors (Lipinski definition) is 6. The predicted molar refractivity (Wildman–Crippen MR) is 129 cm³/mol. The Bertz CT molecular complexity index is 1350. The lowest BCUT2D eigenvalue weighted by Gasteiger charge is -2.39. The maximum absolute atomic E-state index is 13.3. The van der Waals surface area contributed by atoms with E-state index in [1.807, 2.05) is 0 Å². The first-order valence-electron chi connectivity index (χ1n) is 11.0. The summed E-state index contributed by atoms with van der Waals surface area (Å²) in [7, 11) is 3.79. The third kappa shape index (κ3) is 4.76. The van der Waals surface area contributed by atoms with Gasteiger partial charge in [-0.3, -0.25) is 4.79 Å². The molecule has 3 aromatic rings. The van der Waals surface area contributed by atoms with Gasteiger partial charge in [0.2, 0.25) is 23.2 Å².